The summed E-state index contributed by atoms with van der Waals surface area (Å²) in [7, 11) is 0. The molecule has 0 aliphatic heterocycles. The van der Waals surface area contributed by atoms with Crippen LogP contribution in [0.4, 0.5) is 4.39 Å². The minimum Gasteiger partial charge on any atom is -0.389 e. The van der Waals surface area contributed by atoms with Gasteiger partial charge >= 0.3 is 0 Å². The van der Waals surface area contributed by atoms with Gasteiger partial charge in [0, 0.05) is 10.6 Å². The van der Waals surface area contributed by atoms with Crippen LogP contribution in [0.2, 0.25) is 5.02 Å². The van der Waals surface area contributed by atoms with Crippen molar-refractivity contribution >= 4 is 17.5 Å². The first-order valence-electron chi connectivity index (χ1n) is 7.38. The number of amides is 1. The van der Waals surface area contributed by atoms with Gasteiger partial charge in [-0.2, -0.15) is 0 Å². The Morgan fingerprint density at radius 1 is 1.17 bits per heavy atom. The molecule has 0 spiro atoms. The summed E-state index contributed by atoms with van der Waals surface area (Å²) < 4.78 is 13.7. The van der Waals surface area contributed by atoms with Crippen LogP contribution in [0.1, 0.15) is 42.7 Å². The first-order chi connectivity index (χ1) is 10.9. The highest BCUT2D eigenvalue weighted by Crippen LogP contribution is 2.21. The summed E-state index contributed by atoms with van der Waals surface area (Å²) in [4.78, 5) is 12.1. The molecule has 0 radical (unpaired) electrons. The van der Waals surface area contributed by atoms with Crippen LogP contribution in [0.3, 0.4) is 0 Å². The number of halogens is 2. The minimum atomic E-state index is -0.530. The lowest BCUT2D eigenvalue weighted by atomic mass is 10.0. The van der Waals surface area contributed by atoms with Gasteiger partial charge in [0.2, 0.25) is 5.91 Å². The maximum Gasteiger partial charge on any atom is 0.225 e. The highest BCUT2D eigenvalue weighted by atomic mass is 35.5. The van der Waals surface area contributed by atoms with E-state index in [1.807, 2.05) is 31.2 Å². The standard InChI is InChI=1S/C18H19ClFNO2/c1-11(13-6-8-14(9-7-13)12(2)22)21-18(23)10-15-16(19)4-3-5-17(15)20/h3-9,11-12,22H,10H2,1-2H3,(H,21,23). The second-order valence-corrected chi connectivity index (χ2v) is 5.92. The molecular formula is C18H19ClFNO2. The number of carbonyl (C=O) groups excluding carboxylic acids is 1. The van der Waals surface area contributed by atoms with E-state index in [2.05, 4.69) is 5.32 Å². The van der Waals surface area contributed by atoms with Gasteiger partial charge in [-0.25, -0.2) is 4.39 Å². The predicted molar refractivity (Wildman–Crippen MR) is 88.7 cm³/mol. The van der Waals surface area contributed by atoms with Gasteiger partial charge in [-0.05, 0) is 37.1 Å². The van der Waals surface area contributed by atoms with Crippen LogP contribution < -0.4 is 5.32 Å². The van der Waals surface area contributed by atoms with Gasteiger partial charge in [0.05, 0.1) is 18.6 Å². The predicted octanol–water partition coefficient (Wildman–Crippen LogP) is 3.95. The number of benzene rings is 2. The summed E-state index contributed by atoms with van der Waals surface area (Å²) in [6, 6.07) is 11.5. The molecule has 2 atom stereocenters. The van der Waals surface area contributed by atoms with Crippen LogP contribution in [-0.4, -0.2) is 11.0 Å². The topological polar surface area (TPSA) is 49.3 Å². The Labute approximate surface area is 140 Å². The molecule has 2 aromatic rings. The molecule has 23 heavy (non-hydrogen) atoms. The highest BCUT2D eigenvalue weighted by molar-refractivity contribution is 6.31. The van der Waals surface area contributed by atoms with Crippen molar-refractivity contribution in [3.63, 3.8) is 0 Å². The van der Waals surface area contributed by atoms with Crippen LogP contribution in [0.5, 0.6) is 0 Å². The third-order valence-electron chi connectivity index (χ3n) is 3.70. The second-order valence-electron chi connectivity index (χ2n) is 5.51. The number of carbonyl (C=O) groups is 1. The molecule has 0 aromatic heterocycles. The molecule has 2 rings (SSSR count). The SMILES string of the molecule is CC(O)c1ccc(C(C)NC(=O)Cc2c(F)cccc2Cl)cc1. The van der Waals surface area contributed by atoms with E-state index in [-0.39, 0.29) is 29.0 Å². The summed E-state index contributed by atoms with van der Waals surface area (Å²) >= 11 is 5.93. The molecular weight excluding hydrogens is 317 g/mol. The number of aliphatic hydroxyl groups is 1. The van der Waals surface area contributed by atoms with Crippen molar-refractivity contribution in [1.29, 1.82) is 0 Å². The molecule has 3 nitrogen and oxygen atoms in total. The van der Waals surface area contributed by atoms with Crippen molar-refractivity contribution in [3.8, 4) is 0 Å². The van der Waals surface area contributed by atoms with Gasteiger partial charge in [0.25, 0.3) is 0 Å². The van der Waals surface area contributed by atoms with E-state index < -0.39 is 11.9 Å². The van der Waals surface area contributed by atoms with Gasteiger partial charge in [-0.3, -0.25) is 4.79 Å². The Hall–Kier alpha value is -1.91. The third-order valence-corrected chi connectivity index (χ3v) is 4.05. The molecule has 0 fully saturated rings. The Morgan fingerprint density at radius 2 is 1.78 bits per heavy atom. The van der Waals surface area contributed by atoms with Gasteiger partial charge in [-0.1, -0.05) is 41.9 Å². The van der Waals surface area contributed by atoms with Crippen LogP contribution >= 0.6 is 11.6 Å². The molecule has 0 saturated heterocycles. The molecule has 0 aliphatic carbocycles. The maximum absolute atomic E-state index is 13.7. The average Bonchev–Trinajstić information content (AvgIpc) is 2.51. The van der Waals surface area contributed by atoms with Crippen molar-refractivity contribution in [1.82, 2.24) is 5.32 Å². The number of rotatable bonds is 5. The van der Waals surface area contributed by atoms with Crippen LogP contribution in [0.15, 0.2) is 42.5 Å². The Kier molecular flexibility index (Phi) is 5.74. The number of hydrogen-bond donors (Lipinski definition) is 2. The zero-order valence-corrected chi connectivity index (χ0v) is 13.8. The zero-order chi connectivity index (χ0) is 17.0. The van der Waals surface area contributed by atoms with E-state index in [4.69, 9.17) is 11.6 Å². The van der Waals surface area contributed by atoms with Crippen molar-refractivity contribution in [2.45, 2.75) is 32.4 Å². The second kappa shape index (κ2) is 7.57. The summed E-state index contributed by atoms with van der Waals surface area (Å²) in [6.07, 6.45) is -0.640. The van der Waals surface area contributed by atoms with Gasteiger partial charge < -0.3 is 10.4 Å². The molecule has 0 saturated carbocycles. The molecule has 2 aromatic carbocycles. The summed E-state index contributed by atoms with van der Waals surface area (Å²) in [6.45, 7) is 3.54. The summed E-state index contributed by atoms with van der Waals surface area (Å²) in [5, 5.41) is 12.6. The molecule has 0 bridgehead atoms. The lowest BCUT2D eigenvalue weighted by molar-refractivity contribution is -0.121. The minimum absolute atomic E-state index is 0.110. The van der Waals surface area contributed by atoms with Gasteiger partial charge in [-0.15, -0.1) is 0 Å². The quantitative estimate of drug-likeness (QED) is 0.869. The summed E-state index contributed by atoms with van der Waals surface area (Å²) in [5.41, 5.74) is 1.91. The van der Waals surface area contributed by atoms with Gasteiger partial charge in [0.15, 0.2) is 0 Å². The zero-order valence-electron chi connectivity index (χ0n) is 13.0. The highest BCUT2D eigenvalue weighted by Gasteiger charge is 2.15. The summed E-state index contributed by atoms with van der Waals surface area (Å²) in [5.74, 6) is -0.786. The van der Waals surface area contributed by atoms with Crippen LogP contribution in [0, 0.1) is 5.82 Å². The number of nitrogens with one attached hydrogen (secondary N) is 1. The molecule has 2 unspecified atom stereocenters. The van der Waals surface area contributed by atoms with E-state index in [0.717, 1.165) is 11.1 Å². The molecule has 0 heterocycles. The lowest BCUT2D eigenvalue weighted by Gasteiger charge is -2.16. The molecule has 5 heteroatoms. The van der Waals surface area contributed by atoms with Crippen molar-refractivity contribution in [2.24, 2.45) is 0 Å². The molecule has 1 amide bonds. The first kappa shape index (κ1) is 17.4. The Morgan fingerprint density at radius 3 is 2.35 bits per heavy atom. The van der Waals surface area contributed by atoms with E-state index in [9.17, 15) is 14.3 Å². The fourth-order valence-electron chi connectivity index (χ4n) is 2.30. The Balaban J connectivity index is 2.02. The van der Waals surface area contributed by atoms with E-state index in [1.165, 1.54) is 12.1 Å². The van der Waals surface area contributed by atoms with Crippen molar-refractivity contribution < 1.29 is 14.3 Å². The van der Waals surface area contributed by atoms with E-state index in [1.54, 1.807) is 13.0 Å². The monoisotopic (exact) mass is 335 g/mol. The fourth-order valence-corrected chi connectivity index (χ4v) is 2.53. The normalized spacial score (nSPS) is 13.4. The molecule has 2 N–H and O–H groups in total. The average molecular weight is 336 g/mol. The van der Waals surface area contributed by atoms with Crippen LogP contribution in [-0.2, 0) is 11.2 Å². The van der Waals surface area contributed by atoms with Crippen molar-refractivity contribution in [2.75, 3.05) is 0 Å². The molecule has 0 aliphatic rings. The van der Waals surface area contributed by atoms with Crippen molar-refractivity contribution in [3.05, 3.63) is 70.0 Å². The maximum atomic E-state index is 13.7. The Bertz CT molecular complexity index is 666. The number of aliphatic hydroxyl groups excluding tert-OH is 1. The molecule has 122 valence electrons. The smallest absolute Gasteiger partial charge is 0.225 e. The van der Waals surface area contributed by atoms with E-state index in [0.29, 0.717) is 0 Å². The number of hydrogen-bond acceptors (Lipinski definition) is 2. The fraction of sp³-hybridized carbons (Fsp3) is 0.278. The largest absolute Gasteiger partial charge is 0.389 e. The lowest BCUT2D eigenvalue weighted by Crippen LogP contribution is -2.28. The first-order valence-corrected chi connectivity index (χ1v) is 7.76. The van der Waals surface area contributed by atoms with Crippen LogP contribution in [0.25, 0.3) is 0 Å². The van der Waals surface area contributed by atoms with Gasteiger partial charge in [0.1, 0.15) is 5.82 Å². The third kappa shape index (κ3) is 4.53. The van der Waals surface area contributed by atoms with E-state index >= 15 is 0 Å².